The van der Waals surface area contributed by atoms with E-state index >= 15 is 0 Å². The van der Waals surface area contributed by atoms with E-state index in [9.17, 15) is 22.0 Å². The lowest BCUT2D eigenvalue weighted by atomic mass is 10.2. The van der Waals surface area contributed by atoms with Crippen LogP contribution in [0, 0.1) is 0 Å². The lowest BCUT2D eigenvalue weighted by Crippen LogP contribution is -2.39. The Bertz CT molecular complexity index is 619. The molecule has 9 heteroatoms. The van der Waals surface area contributed by atoms with E-state index in [0.29, 0.717) is 0 Å². The van der Waals surface area contributed by atoms with Crippen molar-refractivity contribution < 1.29 is 27.1 Å². The molecular formula is C11H12ClF2NO4S. The van der Waals surface area contributed by atoms with Crippen LogP contribution in [0.25, 0.3) is 0 Å². The van der Waals surface area contributed by atoms with Crippen molar-refractivity contribution in [3.05, 3.63) is 28.8 Å². The van der Waals surface area contributed by atoms with Crippen LogP contribution < -0.4 is 5.32 Å². The fraction of sp³-hybridized carbons (Fsp3) is 0.364. The van der Waals surface area contributed by atoms with Crippen LogP contribution in [0.5, 0.6) is 0 Å². The van der Waals surface area contributed by atoms with Gasteiger partial charge in [-0.2, -0.15) is 0 Å². The average molecular weight is 328 g/mol. The Morgan fingerprint density at radius 1 is 1.45 bits per heavy atom. The van der Waals surface area contributed by atoms with Crippen molar-refractivity contribution >= 4 is 27.3 Å². The molecule has 1 amide bonds. The molecule has 0 saturated heterocycles. The van der Waals surface area contributed by atoms with Crippen LogP contribution >= 0.6 is 11.6 Å². The van der Waals surface area contributed by atoms with Gasteiger partial charge in [-0.15, -0.1) is 0 Å². The molecule has 0 heterocycles. The minimum atomic E-state index is -3.64. The second-order valence-electron chi connectivity index (χ2n) is 4.11. The molecule has 0 bridgehead atoms. The zero-order valence-electron chi connectivity index (χ0n) is 10.4. The Morgan fingerprint density at radius 2 is 2.05 bits per heavy atom. The van der Waals surface area contributed by atoms with E-state index in [-0.39, 0.29) is 15.5 Å². The van der Waals surface area contributed by atoms with E-state index < -0.39 is 34.8 Å². The number of halogens is 3. The van der Waals surface area contributed by atoms with E-state index in [1.54, 1.807) is 0 Å². The number of rotatable bonds is 5. The standard InChI is InChI=1S/C11H12ClF2NO4S/c1-20(18,19)9-4-7(2-3-8(9)12)10(17)15-5-11(13,14)6-16/h2-4,16H,5-6H2,1H3,(H,15,17). The third-order valence-corrected chi connectivity index (χ3v) is 3.91. The van der Waals surface area contributed by atoms with Crippen molar-refractivity contribution in [1.82, 2.24) is 5.32 Å². The molecule has 0 fully saturated rings. The van der Waals surface area contributed by atoms with Gasteiger partial charge in [0.1, 0.15) is 6.61 Å². The normalized spacial score (nSPS) is 12.2. The molecular weight excluding hydrogens is 316 g/mol. The van der Waals surface area contributed by atoms with Gasteiger partial charge in [0.2, 0.25) is 0 Å². The molecule has 2 N–H and O–H groups in total. The molecule has 0 spiro atoms. The molecule has 0 aliphatic carbocycles. The molecule has 112 valence electrons. The highest BCUT2D eigenvalue weighted by Gasteiger charge is 2.28. The first-order valence-electron chi connectivity index (χ1n) is 5.33. The lowest BCUT2D eigenvalue weighted by molar-refractivity contribution is -0.0462. The number of sulfone groups is 1. The summed E-state index contributed by atoms with van der Waals surface area (Å²) in [5.74, 6) is -4.33. The highest BCUT2D eigenvalue weighted by atomic mass is 35.5. The SMILES string of the molecule is CS(=O)(=O)c1cc(C(=O)NCC(F)(F)CO)ccc1Cl. The first kappa shape index (κ1) is 16.8. The van der Waals surface area contributed by atoms with Gasteiger partial charge in [-0.25, -0.2) is 17.2 Å². The summed E-state index contributed by atoms with van der Waals surface area (Å²) < 4.78 is 48.4. The number of amides is 1. The molecule has 0 aliphatic heterocycles. The summed E-state index contributed by atoms with van der Waals surface area (Å²) in [6, 6.07) is 3.41. The highest BCUT2D eigenvalue weighted by molar-refractivity contribution is 7.90. The molecule has 1 aromatic carbocycles. The number of hydrogen-bond acceptors (Lipinski definition) is 4. The van der Waals surface area contributed by atoms with Gasteiger partial charge in [0.25, 0.3) is 11.8 Å². The predicted octanol–water partition coefficient (Wildman–Crippen LogP) is 1.10. The summed E-state index contributed by atoms with van der Waals surface area (Å²) in [5, 5.41) is 10.2. The summed E-state index contributed by atoms with van der Waals surface area (Å²) in [5.41, 5.74) is -0.122. The van der Waals surface area contributed by atoms with Gasteiger partial charge in [0.15, 0.2) is 9.84 Å². The Morgan fingerprint density at radius 3 is 2.55 bits per heavy atom. The second-order valence-corrected chi connectivity index (χ2v) is 6.51. The fourth-order valence-corrected chi connectivity index (χ4v) is 2.60. The van der Waals surface area contributed by atoms with Gasteiger partial charge >= 0.3 is 0 Å². The maximum atomic E-state index is 12.8. The van der Waals surface area contributed by atoms with Gasteiger partial charge in [0.05, 0.1) is 16.5 Å². The van der Waals surface area contributed by atoms with E-state index in [0.717, 1.165) is 12.3 Å². The number of benzene rings is 1. The van der Waals surface area contributed by atoms with Crippen LogP contribution in [0.1, 0.15) is 10.4 Å². The Kier molecular flexibility index (Phi) is 5.06. The van der Waals surface area contributed by atoms with Crippen LogP contribution in [0.2, 0.25) is 5.02 Å². The summed E-state index contributed by atoms with van der Waals surface area (Å²) in [6.45, 7) is -2.46. The predicted molar refractivity (Wildman–Crippen MR) is 68.9 cm³/mol. The maximum Gasteiger partial charge on any atom is 0.287 e. The molecule has 20 heavy (non-hydrogen) atoms. The maximum absolute atomic E-state index is 12.8. The third-order valence-electron chi connectivity index (χ3n) is 2.33. The Hall–Kier alpha value is -1.25. The number of hydrogen-bond donors (Lipinski definition) is 2. The van der Waals surface area contributed by atoms with Crippen molar-refractivity contribution in [1.29, 1.82) is 0 Å². The largest absolute Gasteiger partial charge is 0.390 e. The highest BCUT2D eigenvalue weighted by Crippen LogP contribution is 2.22. The van der Waals surface area contributed by atoms with Gasteiger partial charge in [-0.05, 0) is 18.2 Å². The number of alkyl halides is 2. The van der Waals surface area contributed by atoms with Crippen LogP contribution in [-0.2, 0) is 9.84 Å². The molecule has 0 saturated carbocycles. The zero-order valence-corrected chi connectivity index (χ0v) is 11.9. The summed E-state index contributed by atoms with van der Waals surface area (Å²) >= 11 is 5.69. The van der Waals surface area contributed by atoms with E-state index in [1.807, 2.05) is 5.32 Å². The van der Waals surface area contributed by atoms with Crippen molar-refractivity contribution in [3.63, 3.8) is 0 Å². The summed E-state index contributed by atoms with van der Waals surface area (Å²) in [4.78, 5) is 11.4. The van der Waals surface area contributed by atoms with E-state index in [4.69, 9.17) is 16.7 Å². The molecule has 5 nitrogen and oxygen atoms in total. The molecule has 1 aromatic rings. The smallest absolute Gasteiger partial charge is 0.287 e. The van der Waals surface area contributed by atoms with Gasteiger partial charge < -0.3 is 10.4 Å². The van der Waals surface area contributed by atoms with Crippen molar-refractivity contribution in [3.8, 4) is 0 Å². The molecule has 1 rings (SSSR count). The van der Waals surface area contributed by atoms with Gasteiger partial charge in [0, 0.05) is 11.8 Å². The first-order valence-corrected chi connectivity index (χ1v) is 7.60. The molecule has 0 aliphatic rings. The Labute approximate surface area is 119 Å². The monoisotopic (exact) mass is 327 g/mol. The third kappa shape index (κ3) is 4.39. The Balaban J connectivity index is 2.96. The number of aliphatic hydroxyl groups is 1. The van der Waals surface area contributed by atoms with E-state index in [1.165, 1.54) is 12.1 Å². The minimum absolute atomic E-state index is 0.0651. The number of carbonyl (C=O) groups is 1. The lowest BCUT2D eigenvalue weighted by Gasteiger charge is -2.14. The molecule has 0 atom stereocenters. The average Bonchev–Trinajstić information content (AvgIpc) is 2.35. The topological polar surface area (TPSA) is 83.5 Å². The molecule has 0 aromatic heterocycles. The minimum Gasteiger partial charge on any atom is -0.390 e. The number of carbonyl (C=O) groups excluding carboxylic acids is 1. The van der Waals surface area contributed by atoms with Crippen LogP contribution in [-0.4, -0.2) is 44.8 Å². The fourth-order valence-electron chi connectivity index (χ4n) is 1.30. The van der Waals surface area contributed by atoms with Crippen molar-refractivity contribution in [2.45, 2.75) is 10.8 Å². The quantitative estimate of drug-likeness (QED) is 0.848. The number of nitrogens with one attached hydrogen (secondary N) is 1. The summed E-state index contributed by atoms with van der Waals surface area (Å²) in [6.07, 6.45) is 0.913. The van der Waals surface area contributed by atoms with Crippen LogP contribution in [0.4, 0.5) is 8.78 Å². The molecule has 0 radical (unpaired) electrons. The molecule has 0 unspecified atom stereocenters. The van der Waals surface area contributed by atoms with E-state index in [2.05, 4.69) is 0 Å². The zero-order chi connectivity index (χ0) is 15.6. The summed E-state index contributed by atoms with van der Waals surface area (Å²) in [7, 11) is -3.64. The van der Waals surface area contributed by atoms with Gasteiger partial charge in [-0.1, -0.05) is 11.6 Å². The van der Waals surface area contributed by atoms with Crippen molar-refractivity contribution in [2.75, 3.05) is 19.4 Å². The van der Waals surface area contributed by atoms with Crippen LogP contribution in [0.15, 0.2) is 23.1 Å². The van der Waals surface area contributed by atoms with Gasteiger partial charge in [-0.3, -0.25) is 4.79 Å². The first-order chi connectivity index (χ1) is 9.07. The second kappa shape index (κ2) is 6.02. The van der Waals surface area contributed by atoms with Crippen LogP contribution in [0.3, 0.4) is 0 Å². The van der Waals surface area contributed by atoms with Crippen molar-refractivity contribution in [2.24, 2.45) is 0 Å². The number of aliphatic hydroxyl groups excluding tert-OH is 1.